The Kier molecular flexibility index (Phi) is 3.25. The third kappa shape index (κ3) is 2.43. The minimum atomic E-state index is 0.438. The summed E-state index contributed by atoms with van der Waals surface area (Å²) in [5.74, 6) is 1.26. The summed E-state index contributed by atoms with van der Waals surface area (Å²) in [4.78, 5) is 4.02. The molecule has 0 radical (unpaired) electrons. The van der Waals surface area contributed by atoms with Crippen molar-refractivity contribution >= 4 is 5.69 Å². The van der Waals surface area contributed by atoms with E-state index in [0.29, 0.717) is 23.7 Å². The summed E-state index contributed by atoms with van der Waals surface area (Å²) in [6, 6.07) is 3.58. The maximum absolute atomic E-state index is 8.65. The fourth-order valence-electron chi connectivity index (χ4n) is 1.75. The molecule has 4 nitrogen and oxygen atoms in total. The standard InChI is InChI=1S/C12H15N3O/c13-7-10-6-11(14)12(15-8-10)16-5-4-9-2-1-3-9/h6,8-9H,1-5,14H2. The predicted molar refractivity (Wildman–Crippen MR) is 60.8 cm³/mol. The average Bonchev–Trinajstić information content (AvgIpc) is 2.23. The van der Waals surface area contributed by atoms with Crippen LogP contribution in [0.25, 0.3) is 0 Å². The van der Waals surface area contributed by atoms with E-state index in [1.54, 1.807) is 6.07 Å². The number of nitrogens with two attached hydrogens (primary N) is 1. The summed E-state index contributed by atoms with van der Waals surface area (Å²) in [7, 11) is 0. The highest BCUT2D eigenvalue weighted by atomic mass is 16.5. The second-order valence-corrected chi connectivity index (χ2v) is 4.16. The first-order chi connectivity index (χ1) is 7.79. The highest BCUT2D eigenvalue weighted by Gasteiger charge is 2.17. The predicted octanol–water partition coefficient (Wildman–Crippen LogP) is 2.10. The first kappa shape index (κ1) is 10.7. The topological polar surface area (TPSA) is 71.9 Å². The molecule has 0 aliphatic heterocycles. The summed E-state index contributed by atoms with van der Waals surface area (Å²) in [5, 5.41) is 8.65. The van der Waals surface area contributed by atoms with E-state index in [1.807, 2.05) is 6.07 Å². The number of pyridine rings is 1. The molecule has 0 unspecified atom stereocenters. The molecule has 1 aliphatic rings. The lowest BCUT2D eigenvalue weighted by atomic mass is 9.83. The Bertz CT molecular complexity index is 407. The van der Waals surface area contributed by atoms with Gasteiger partial charge in [-0.05, 0) is 18.4 Å². The lowest BCUT2D eigenvalue weighted by molar-refractivity contribution is 0.218. The highest BCUT2D eigenvalue weighted by Crippen LogP contribution is 2.29. The Balaban J connectivity index is 1.86. The summed E-state index contributed by atoms with van der Waals surface area (Å²) >= 11 is 0. The maximum atomic E-state index is 8.65. The molecule has 84 valence electrons. The average molecular weight is 217 g/mol. The molecule has 16 heavy (non-hydrogen) atoms. The first-order valence-corrected chi connectivity index (χ1v) is 5.58. The van der Waals surface area contributed by atoms with Crippen molar-refractivity contribution in [2.45, 2.75) is 25.7 Å². The molecule has 1 fully saturated rings. The van der Waals surface area contributed by atoms with Crippen LogP contribution in [-0.4, -0.2) is 11.6 Å². The van der Waals surface area contributed by atoms with Gasteiger partial charge in [-0.3, -0.25) is 0 Å². The van der Waals surface area contributed by atoms with Crippen LogP contribution in [0.5, 0.6) is 5.88 Å². The molecular weight excluding hydrogens is 202 g/mol. The molecular formula is C12H15N3O. The number of aromatic nitrogens is 1. The third-order valence-electron chi connectivity index (χ3n) is 3.00. The number of hydrogen-bond acceptors (Lipinski definition) is 4. The van der Waals surface area contributed by atoms with E-state index in [1.165, 1.54) is 25.5 Å². The van der Waals surface area contributed by atoms with Crippen LogP contribution in [0.1, 0.15) is 31.2 Å². The van der Waals surface area contributed by atoms with Gasteiger partial charge in [-0.25, -0.2) is 4.98 Å². The van der Waals surface area contributed by atoms with E-state index < -0.39 is 0 Å². The van der Waals surface area contributed by atoms with Crippen LogP contribution < -0.4 is 10.5 Å². The van der Waals surface area contributed by atoms with Gasteiger partial charge in [0.25, 0.3) is 0 Å². The molecule has 0 amide bonds. The molecule has 4 heteroatoms. The summed E-state index contributed by atoms with van der Waals surface area (Å²) in [6.45, 7) is 0.660. The van der Waals surface area contributed by atoms with Crippen LogP contribution >= 0.6 is 0 Å². The Labute approximate surface area is 95.0 Å². The normalized spacial score (nSPS) is 15.2. The molecule has 0 atom stereocenters. The number of anilines is 1. The number of nitriles is 1. The van der Waals surface area contributed by atoms with Gasteiger partial charge in [-0.2, -0.15) is 5.26 Å². The summed E-state index contributed by atoms with van der Waals surface area (Å²) < 4.78 is 5.50. The summed E-state index contributed by atoms with van der Waals surface area (Å²) in [5.41, 5.74) is 6.62. The quantitative estimate of drug-likeness (QED) is 0.838. The van der Waals surface area contributed by atoms with Crippen LogP contribution in [0.4, 0.5) is 5.69 Å². The van der Waals surface area contributed by atoms with Gasteiger partial charge in [0, 0.05) is 6.20 Å². The lowest BCUT2D eigenvalue weighted by Gasteiger charge is -2.24. The fourth-order valence-corrected chi connectivity index (χ4v) is 1.75. The highest BCUT2D eigenvalue weighted by molar-refractivity contribution is 5.51. The molecule has 2 N–H and O–H groups in total. The van der Waals surface area contributed by atoms with Crippen molar-refractivity contribution in [3.05, 3.63) is 17.8 Å². The van der Waals surface area contributed by atoms with Crippen molar-refractivity contribution < 1.29 is 4.74 Å². The Morgan fingerprint density at radius 1 is 1.56 bits per heavy atom. The molecule has 1 aromatic rings. The SMILES string of the molecule is N#Cc1cnc(OCCC2CCC2)c(N)c1. The first-order valence-electron chi connectivity index (χ1n) is 5.58. The third-order valence-corrected chi connectivity index (χ3v) is 3.00. The van der Waals surface area contributed by atoms with Gasteiger partial charge in [0.1, 0.15) is 6.07 Å². The van der Waals surface area contributed by atoms with Crippen LogP contribution in [0, 0.1) is 17.2 Å². The summed E-state index contributed by atoms with van der Waals surface area (Å²) in [6.07, 6.45) is 6.54. The van der Waals surface area contributed by atoms with Crippen molar-refractivity contribution in [2.24, 2.45) is 5.92 Å². The van der Waals surface area contributed by atoms with Crippen LogP contribution in [0.2, 0.25) is 0 Å². The smallest absolute Gasteiger partial charge is 0.237 e. The van der Waals surface area contributed by atoms with Crippen molar-refractivity contribution in [3.63, 3.8) is 0 Å². The van der Waals surface area contributed by atoms with Crippen molar-refractivity contribution in [1.82, 2.24) is 4.98 Å². The molecule has 0 bridgehead atoms. The minimum Gasteiger partial charge on any atom is -0.476 e. The Hall–Kier alpha value is -1.76. The number of nitrogens with zero attached hydrogens (tertiary/aromatic N) is 2. The van der Waals surface area contributed by atoms with Crippen molar-refractivity contribution in [3.8, 4) is 11.9 Å². The van der Waals surface area contributed by atoms with Crippen LogP contribution in [0.3, 0.4) is 0 Å². The van der Waals surface area contributed by atoms with Gasteiger partial charge < -0.3 is 10.5 Å². The van der Waals surface area contributed by atoms with Crippen LogP contribution in [0.15, 0.2) is 12.3 Å². The minimum absolute atomic E-state index is 0.438. The van der Waals surface area contributed by atoms with Crippen molar-refractivity contribution in [2.75, 3.05) is 12.3 Å². The van der Waals surface area contributed by atoms with Gasteiger partial charge in [0.2, 0.25) is 5.88 Å². The lowest BCUT2D eigenvalue weighted by Crippen LogP contribution is -2.15. The second kappa shape index (κ2) is 4.84. The van der Waals surface area contributed by atoms with E-state index in [-0.39, 0.29) is 0 Å². The molecule has 0 spiro atoms. The van der Waals surface area contributed by atoms with E-state index in [9.17, 15) is 0 Å². The van der Waals surface area contributed by atoms with Gasteiger partial charge in [0.05, 0.1) is 17.9 Å². The van der Waals surface area contributed by atoms with Gasteiger partial charge in [0.15, 0.2) is 0 Å². The van der Waals surface area contributed by atoms with Gasteiger partial charge in [-0.1, -0.05) is 19.3 Å². The van der Waals surface area contributed by atoms with E-state index in [2.05, 4.69) is 4.98 Å². The molecule has 1 aromatic heterocycles. The largest absolute Gasteiger partial charge is 0.476 e. The van der Waals surface area contributed by atoms with Gasteiger partial charge in [-0.15, -0.1) is 0 Å². The molecule has 1 saturated carbocycles. The zero-order valence-corrected chi connectivity index (χ0v) is 9.15. The molecule has 1 aliphatic carbocycles. The molecule has 0 aromatic carbocycles. The number of nitrogen functional groups attached to an aromatic ring is 1. The number of hydrogen-bond donors (Lipinski definition) is 1. The number of ether oxygens (including phenoxy) is 1. The fraction of sp³-hybridized carbons (Fsp3) is 0.500. The zero-order chi connectivity index (χ0) is 11.4. The zero-order valence-electron chi connectivity index (χ0n) is 9.15. The van der Waals surface area contributed by atoms with Crippen LogP contribution in [-0.2, 0) is 0 Å². The molecule has 2 rings (SSSR count). The molecule has 1 heterocycles. The van der Waals surface area contributed by atoms with E-state index >= 15 is 0 Å². The van der Waals surface area contributed by atoms with E-state index in [0.717, 1.165) is 12.3 Å². The number of rotatable bonds is 4. The Morgan fingerprint density at radius 3 is 2.94 bits per heavy atom. The Morgan fingerprint density at radius 2 is 2.38 bits per heavy atom. The second-order valence-electron chi connectivity index (χ2n) is 4.16. The molecule has 0 saturated heterocycles. The maximum Gasteiger partial charge on any atom is 0.237 e. The van der Waals surface area contributed by atoms with Gasteiger partial charge >= 0.3 is 0 Å². The van der Waals surface area contributed by atoms with Crippen molar-refractivity contribution in [1.29, 1.82) is 5.26 Å². The van der Waals surface area contributed by atoms with E-state index in [4.69, 9.17) is 15.7 Å². The monoisotopic (exact) mass is 217 g/mol.